The van der Waals surface area contributed by atoms with Crippen molar-refractivity contribution in [2.75, 3.05) is 39.6 Å². The van der Waals surface area contributed by atoms with Gasteiger partial charge < -0.3 is 34.2 Å². The van der Waals surface area contributed by atoms with Crippen molar-refractivity contribution in [3.63, 3.8) is 0 Å². The van der Waals surface area contributed by atoms with Gasteiger partial charge in [-0.15, -0.1) is 0 Å². The lowest BCUT2D eigenvalue weighted by Gasteiger charge is -2.21. The highest BCUT2D eigenvalue weighted by Crippen LogP contribution is 2.45. The van der Waals surface area contributed by atoms with Crippen molar-refractivity contribution in [2.24, 2.45) is 0 Å². The maximum atomic E-state index is 13.0. The molecule has 0 aromatic carbocycles. The molecule has 0 aromatic rings. The Kier molecular flexibility index (Phi) is 76.6. The third-order valence-corrected chi connectivity index (χ3v) is 18.8. The summed E-state index contributed by atoms with van der Waals surface area (Å²) in [7, 11) is -9.82. The number of phosphoric ester groups is 2. The van der Waals surface area contributed by atoms with Crippen LogP contribution in [-0.2, 0) is 55.8 Å². The molecule has 0 aliphatic heterocycles. The molecular formula is C89H148O16P2. The van der Waals surface area contributed by atoms with Crippen molar-refractivity contribution in [3.05, 3.63) is 170 Å². The van der Waals surface area contributed by atoms with Crippen LogP contribution in [0, 0.1) is 0 Å². The number of hydrogen-bond donors (Lipinski definition) is 4. The molecule has 0 fully saturated rings. The van der Waals surface area contributed by atoms with Gasteiger partial charge in [0.05, 0.1) is 26.4 Å². The maximum absolute atomic E-state index is 13.0. The van der Waals surface area contributed by atoms with Gasteiger partial charge in [-0.3, -0.25) is 32.5 Å². The summed E-state index contributed by atoms with van der Waals surface area (Å²) in [5.41, 5.74) is 0. The molecular weight excluding hydrogens is 1390 g/mol. The molecule has 0 amide bonds. The summed E-state index contributed by atoms with van der Waals surface area (Å²) in [6, 6.07) is 0. The topological polar surface area (TPSA) is 231 Å². The maximum Gasteiger partial charge on any atom is 0.472 e. The molecule has 0 spiro atoms. The molecule has 0 aliphatic rings. The van der Waals surface area contributed by atoms with Crippen LogP contribution < -0.4 is 0 Å². The van der Waals surface area contributed by atoms with Crippen molar-refractivity contribution in [3.8, 4) is 0 Å². The van der Waals surface area contributed by atoms with Gasteiger partial charge in [0.15, 0.2) is 6.10 Å². The molecule has 0 aromatic heterocycles. The number of allylic oxidation sites excluding steroid dienone is 28. The summed E-state index contributed by atoms with van der Waals surface area (Å²) < 4.78 is 61.2. The van der Waals surface area contributed by atoms with E-state index in [9.17, 15) is 43.5 Å². The summed E-state index contributed by atoms with van der Waals surface area (Å²) in [5, 5.41) is 20.7. The number of esters is 3. The van der Waals surface area contributed by atoms with Crippen LogP contribution in [-0.4, -0.2) is 95.9 Å². The van der Waals surface area contributed by atoms with Crippen LogP contribution in [0.15, 0.2) is 170 Å². The van der Waals surface area contributed by atoms with E-state index in [1.165, 1.54) is 70.6 Å². The molecule has 0 aliphatic carbocycles. The van der Waals surface area contributed by atoms with Crippen molar-refractivity contribution in [1.82, 2.24) is 0 Å². The Labute approximate surface area is 650 Å². The highest BCUT2D eigenvalue weighted by atomic mass is 31.2. The molecule has 107 heavy (non-hydrogen) atoms. The van der Waals surface area contributed by atoms with E-state index in [-0.39, 0.29) is 19.3 Å². The first-order chi connectivity index (χ1) is 52.2. The minimum absolute atomic E-state index is 0.0803. The summed E-state index contributed by atoms with van der Waals surface area (Å²) in [4.78, 5) is 58.8. The van der Waals surface area contributed by atoms with Crippen molar-refractivity contribution >= 4 is 33.6 Å². The molecule has 18 heteroatoms. The number of phosphoric acid groups is 2. The van der Waals surface area contributed by atoms with Gasteiger partial charge in [0.25, 0.3) is 0 Å². The second kappa shape index (κ2) is 80.4. The Morgan fingerprint density at radius 2 is 0.495 bits per heavy atom. The van der Waals surface area contributed by atoms with Gasteiger partial charge in [0.1, 0.15) is 25.4 Å². The summed E-state index contributed by atoms with van der Waals surface area (Å²) >= 11 is 0. The second-order valence-corrected chi connectivity index (χ2v) is 30.1. The first-order valence-electron chi connectivity index (χ1n) is 41.4. The lowest BCUT2D eigenvalue weighted by molar-refractivity contribution is -0.161. The van der Waals surface area contributed by atoms with E-state index in [0.717, 1.165) is 186 Å². The van der Waals surface area contributed by atoms with Crippen molar-refractivity contribution < 1.29 is 75.8 Å². The molecule has 5 unspecified atom stereocenters. The van der Waals surface area contributed by atoms with Gasteiger partial charge in [-0.25, -0.2) is 9.13 Å². The molecule has 0 heterocycles. The van der Waals surface area contributed by atoms with Gasteiger partial charge in [-0.1, -0.05) is 313 Å². The molecule has 5 atom stereocenters. The fourth-order valence-corrected chi connectivity index (χ4v) is 12.3. The van der Waals surface area contributed by atoms with Crippen LogP contribution >= 0.6 is 15.6 Å². The number of ether oxygens (including phenoxy) is 3. The molecule has 0 rings (SSSR count). The standard InChI is InChI=1S/C89H148O16P2/c1-4-7-10-13-16-19-22-25-28-31-34-36-37-38-39-40-41-42-43-44-45-47-50-51-54-57-60-63-66-69-72-75-87(92)99-78-84(90)79-101-106(95,96)102-80-85(91)81-103-107(97,98)104-83-86(105-89(94)77-74-71-68-65-62-59-56-53-48-33-30-27-24-21-18-15-12-9-6-3)82-100-88(93)76-73-70-67-64-61-58-55-52-49-46-35-32-29-26-23-20-17-14-11-8-5-2/h7-8,10-11,16-21,25-30,34-36,38-39,41-42,46,48,52-53,55,84-86,90-91H,4-6,9,12-15,22-24,31-33,37,40,43-45,47,49-51,54,56-83H2,1-3H3,(H,95,96)(H,97,98)/b10-7-,11-8-,19-16-,20-17-,21-18-,28-25-,29-26-,30-27-,36-34-,39-38-,42-41-,46-35-,53-48-,55-52-. The van der Waals surface area contributed by atoms with Crippen LogP contribution in [0.1, 0.15) is 316 Å². The first kappa shape index (κ1) is 102. The second-order valence-electron chi connectivity index (χ2n) is 27.2. The molecule has 0 saturated heterocycles. The van der Waals surface area contributed by atoms with E-state index in [0.29, 0.717) is 19.3 Å². The monoisotopic (exact) mass is 1540 g/mol. The number of unbranched alkanes of at least 4 members (excludes halogenated alkanes) is 26. The average molecular weight is 1540 g/mol. The Balaban J connectivity index is 4.60. The fourth-order valence-electron chi connectivity index (χ4n) is 10.7. The number of aliphatic hydroxyl groups excluding tert-OH is 2. The van der Waals surface area contributed by atoms with Gasteiger partial charge in [0.2, 0.25) is 0 Å². The predicted molar refractivity (Wildman–Crippen MR) is 445 cm³/mol. The third-order valence-electron chi connectivity index (χ3n) is 16.9. The number of aliphatic hydroxyl groups is 2. The van der Waals surface area contributed by atoms with E-state index < -0.39 is 91.5 Å². The summed E-state index contributed by atoms with van der Waals surface area (Å²) in [6.07, 6.45) is 102. The molecule has 610 valence electrons. The van der Waals surface area contributed by atoms with Gasteiger partial charge in [0, 0.05) is 19.3 Å². The minimum Gasteiger partial charge on any atom is -0.463 e. The molecule has 0 radical (unpaired) electrons. The van der Waals surface area contributed by atoms with Crippen LogP contribution in [0.25, 0.3) is 0 Å². The first-order valence-corrected chi connectivity index (χ1v) is 44.4. The van der Waals surface area contributed by atoms with Crippen molar-refractivity contribution in [2.45, 2.75) is 334 Å². The lowest BCUT2D eigenvalue weighted by Crippen LogP contribution is -2.30. The molecule has 16 nitrogen and oxygen atoms in total. The Morgan fingerprint density at radius 3 is 0.785 bits per heavy atom. The quantitative estimate of drug-likeness (QED) is 0.0146. The van der Waals surface area contributed by atoms with E-state index in [2.05, 4.69) is 191 Å². The number of rotatable bonds is 77. The van der Waals surface area contributed by atoms with E-state index in [1.54, 1.807) is 0 Å². The van der Waals surface area contributed by atoms with Crippen LogP contribution in [0.4, 0.5) is 0 Å². The normalized spacial score (nSPS) is 14.8. The van der Waals surface area contributed by atoms with E-state index in [4.69, 9.17) is 32.3 Å². The zero-order valence-electron chi connectivity index (χ0n) is 66.7. The zero-order valence-corrected chi connectivity index (χ0v) is 68.5. The number of hydrogen-bond acceptors (Lipinski definition) is 14. The Bertz CT molecular complexity index is 2620. The molecule has 0 saturated carbocycles. The minimum atomic E-state index is -4.95. The largest absolute Gasteiger partial charge is 0.472 e. The SMILES string of the molecule is CC/C=C\C/C=C\C/C=C\C/C=C\C/C=C\C/C=C\CCCCCCCCCCCCCCC(=O)OCC(O)COP(=O)(O)OCC(O)COP(=O)(O)OCC(COC(=O)CCCCCCC/C=C\C/C=C\C/C=C\C/C=C\C/C=C\CC)OC(=O)CCCCCCCC/C=C\C/C=C\C/C=C\CCCCC. The Hall–Kier alpha value is -5.09. The number of carbonyl (C=O) groups excluding carboxylic acids is 3. The van der Waals surface area contributed by atoms with Crippen LogP contribution in [0.3, 0.4) is 0 Å². The third kappa shape index (κ3) is 81.7. The van der Waals surface area contributed by atoms with Crippen LogP contribution in [0.5, 0.6) is 0 Å². The smallest absolute Gasteiger partial charge is 0.463 e. The highest BCUT2D eigenvalue weighted by Gasteiger charge is 2.29. The van der Waals surface area contributed by atoms with E-state index in [1.807, 2.05) is 0 Å². The zero-order chi connectivity index (χ0) is 78.0. The highest BCUT2D eigenvalue weighted by molar-refractivity contribution is 7.47. The lowest BCUT2D eigenvalue weighted by atomic mass is 10.0. The van der Waals surface area contributed by atoms with Crippen LogP contribution in [0.2, 0.25) is 0 Å². The Morgan fingerprint density at radius 1 is 0.271 bits per heavy atom. The van der Waals surface area contributed by atoms with Gasteiger partial charge >= 0.3 is 33.6 Å². The van der Waals surface area contributed by atoms with E-state index >= 15 is 0 Å². The van der Waals surface area contributed by atoms with Gasteiger partial charge in [-0.2, -0.15) is 0 Å². The fraction of sp³-hybridized carbons (Fsp3) is 0.652. The predicted octanol–water partition coefficient (Wildman–Crippen LogP) is 24.8. The van der Waals surface area contributed by atoms with Gasteiger partial charge in [-0.05, 0) is 154 Å². The average Bonchev–Trinajstić information content (AvgIpc) is 0.906. The summed E-state index contributed by atoms with van der Waals surface area (Å²) in [6.45, 7) is 2.39. The summed E-state index contributed by atoms with van der Waals surface area (Å²) in [5.74, 6) is -1.62. The number of carbonyl (C=O) groups is 3. The van der Waals surface area contributed by atoms with Crippen molar-refractivity contribution in [1.29, 1.82) is 0 Å². The molecule has 4 N–H and O–H groups in total. The molecule has 0 bridgehead atoms.